The van der Waals surface area contributed by atoms with Crippen LogP contribution in [-0.2, 0) is 4.79 Å². The fraction of sp³-hybridized carbons (Fsp3) is 0.500. The van der Waals surface area contributed by atoms with Crippen molar-refractivity contribution in [1.82, 2.24) is 0 Å². The van der Waals surface area contributed by atoms with Crippen LogP contribution in [0.3, 0.4) is 0 Å². The molecule has 3 N–H and O–H groups in total. The van der Waals surface area contributed by atoms with Crippen molar-refractivity contribution in [3.63, 3.8) is 0 Å². The Labute approximate surface area is 122 Å². The summed E-state index contributed by atoms with van der Waals surface area (Å²) in [6, 6.07) is 7.77. The quantitative estimate of drug-likeness (QED) is 0.798. The van der Waals surface area contributed by atoms with E-state index in [-0.39, 0.29) is 5.91 Å². The van der Waals surface area contributed by atoms with Gasteiger partial charge in [-0.25, -0.2) is 0 Å². The minimum atomic E-state index is -0.694. The van der Waals surface area contributed by atoms with Crippen LogP contribution < -0.4 is 11.1 Å². The third-order valence-electron chi connectivity index (χ3n) is 3.59. The summed E-state index contributed by atoms with van der Waals surface area (Å²) in [6.07, 6.45) is 3.78. The van der Waals surface area contributed by atoms with Gasteiger partial charge >= 0.3 is 0 Å². The number of benzene rings is 1. The molecule has 1 saturated carbocycles. The van der Waals surface area contributed by atoms with Crippen molar-refractivity contribution in [2.75, 3.05) is 5.32 Å². The van der Waals surface area contributed by atoms with Gasteiger partial charge in [0.1, 0.15) is 0 Å². The predicted molar refractivity (Wildman–Crippen MR) is 82.3 cm³/mol. The highest BCUT2D eigenvalue weighted by Gasteiger charge is 2.37. The zero-order chi connectivity index (χ0) is 13.2. The number of halogens is 1. The number of nitrogens with two attached hydrogens (primary N) is 1. The lowest BCUT2D eigenvalue weighted by Gasteiger charge is -2.35. The monoisotopic (exact) mass is 358 g/mol. The van der Waals surface area contributed by atoms with E-state index in [2.05, 4.69) is 34.8 Å². The molecule has 0 aromatic heterocycles. The van der Waals surface area contributed by atoms with Gasteiger partial charge in [-0.05, 0) is 65.6 Å². The molecule has 98 valence electrons. The lowest BCUT2D eigenvalue weighted by molar-refractivity contribution is -0.122. The number of anilines is 1. The maximum atomic E-state index is 12.3. The second kappa shape index (κ2) is 5.57. The third-order valence-corrected chi connectivity index (χ3v) is 4.31. The van der Waals surface area contributed by atoms with E-state index in [4.69, 9.17) is 5.73 Å². The van der Waals surface area contributed by atoms with Gasteiger partial charge in [0.25, 0.3) is 0 Å². The minimum Gasteiger partial charge on any atom is -0.324 e. The molecule has 0 bridgehead atoms. The summed E-state index contributed by atoms with van der Waals surface area (Å²) in [7, 11) is 0. The van der Waals surface area contributed by atoms with Crippen LogP contribution in [0.25, 0.3) is 0 Å². The summed E-state index contributed by atoms with van der Waals surface area (Å²) in [4.78, 5) is 12.3. The van der Waals surface area contributed by atoms with Crippen molar-refractivity contribution in [3.8, 4) is 0 Å². The maximum absolute atomic E-state index is 12.3. The third kappa shape index (κ3) is 3.23. The molecule has 3 nitrogen and oxygen atoms in total. The average molecular weight is 358 g/mol. The Morgan fingerprint density at radius 1 is 1.44 bits per heavy atom. The highest BCUT2D eigenvalue weighted by molar-refractivity contribution is 14.1. The molecule has 0 aliphatic heterocycles. The van der Waals surface area contributed by atoms with E-state index in [1.54, 1.807) is 0 Å². The highest BCUT2D eigenvalue weighted by Crippen LogP contribution is 2.31. The number of amides is 1. The Bertz CT molecular complexity index is 432. The summed E-state index contributed by atoms with van der Waals surface area (Å²) in [6.45, 7) is 2.17. The van der Waals surface area contributed by atoms with Crippen molar-refractivity contribution in [1.29, 1.82) is 0 Å². The van der Waals surface area contributed by atoms with Crippen LogP contribution in [0.4, 0.5) is 5.69 Å². The molecule has 2 atom stereocenters. The van der Waals surface area contributed by atoms with E-state index in [1.165, 1.54) is 6.42 Å². The Morgan fingerprint density at radius 3 is 2.72 bits per heavy atom. The number of carbonyl (C=O) groups excluding carboxylic acids is 1. The maximum Gasteiger partial charge on any atom is 0.244 e. The van der Waals surface area contributed by atoms with E-state index in [0.717, 1.165) is 28.5 Å². The first kappa shape index (κ1) is 13.8. The lowest BCUT2D eigenvalue weighted by atomic mass is 9.76. The molecule has 2 unspecified atom stereocenters. The van der Waals surface area contributed by atoms with Crippen LogP contribution in [0, 0.1) is 9.49 Å². The summed E-state index contributed by atoms with van der Waals surface area (Å²) in [5.74, 6) is 0.487. The standard InChI is InChI=1S/C14H19IN2O/c1-10-3-2-8-14(16,9-10)13(18)17-12-6-4-11(15)5-7-12/h4-7,10H,2-3,8-9,16H2,1H3,(H,17,18). The first-order chi connectivity index (χ1) is 8.49. The Hall–Kier alpha value is -0.620. The molecule has 1 amide bonds. The molecule has 4 heteroatoms. The van der Waals surface area contributed by atoms with E-state index < -0.39 is 5.54 Å². The highest BCUT2D eigenvalue weighted by atomic mass is 127. The first-order valence-electron chi connectivity index (χ1n) is 6.35. The Morgan fingerprint density at radius 2 is 2.11 bits per heavy atom. The van der Waals surface area contributed by atoms with Gasteiger partial charge in [-0.1, -0.05) is 19.8 Å². The van der Waals surface area contributed by atoms with Gasteiger partial charge in [-0.15, -0.1) is 0 Å². The van der Waals surface area contributed by atoms with Gasteiger partial charge in [0.2, 0.25) is 5.91 Å². The summed E-state index contributed by atoms with van der Waals surface area (Å²) in [5, 5.41) is 2.93. The van der Waals surface area contributed by atoms with Gasteiger partial charge in [0.05, 0.1) is 5.54 Å². The van der Waals surface area contributed by atoms with E-state index >= 15 is 0 Å². The van der Waals surface area contributed by atoms with Gasteiger partial charge in [-0.3, -0.25) is 4.79 Å². The molecule has 0 radical (unpaired) electrons. The van der Waals surface area contributed by atoms with Crippen LogP contribution >= 0.6 is 22.6 Å². The van der Waals surface area contributed by atoms with Crippen molar-refractivity contribution in [3.05, 3.63) is 27.8 Å². The number of hydrogen-bond donors (Lipinski definition) is 2. The van der Waals surface area contributed by atoms with Crippen molar-refractivity contribution in [2.45, 2.75) is 38.1 Å². The van der Waals surface area contributed by atoms with Crippen LogP contribution in [0.15, 0.2) is 24.3 Å². The molecule has 1 aromatic rings. The SMILES string of the molecule is CC1CCCC(N)(C(=O)Nc2ccc(I)cc2)C1. The fourth-order valence-corrected chi connectivity index (χ4v) is 2.95. The lowest BCUT2D eigenvalue weighted by Crippen LogP contribution is -2.53. The van der Waals surface area contributed by atoms with Crippen LogP contribution in [-0.4, -0.2) is 11.4 Å². The second-order valence-electron chi connectivity index (χ2n) is 5.32. The number of carbonyl (C=O) groups is 1. The van der Waals surface area contributed by atoms with E-state index in [1.807, 2.05) is 24.3 Å². The molecule has 1 fully saturated rings. The van der Waals surface area contributed by atoms with Gasteiger partial charge in [0, 0.05) is 9.26 Å². The summed E-state index contributed by atoms with van der Waals surface area (Å²) in [5.41, 5.74) is 6.39. The number of nitrogens with one attached hydrogen (secondary N) is 1. The molecule has 1 aliphatic rings. The number of rotatable bonds is 2. The molecule has 1 aliphatic carbocycles. The van der Waals surface area contributed by atoms with E-state index in [0.29, 0.717) is 5.92 Å². The minimum absolute atomic E-state index is 0.0461. The molecular weight excluding hydrogens is 339 g/mol. The van der Waals surface area contributed by atoms with Crippen molar-refractivity contribution in [2.24, 2.45) is 11.7 Å². The topological polar surface area (TPSA) is 55.1 Å². The summed E-state index contributed by atoms with van der Waals surface area (Å²) < 4.78 is 1.15. The second-order valence-corrected chi connectivity index (χ2v) is 6.56. The zero-order valence-corrected chi connectivity index (χ0v) is 12.7. The molecule has 0 saturated heterocycles. The van der Waals surface area contributed by atoms with Gasteiger partial charge in [-0.2, -0.15) is 0 Å². The van der Waals surface area contributed by atoms with Crippen molar-refractivity contribution < 1.29 is 4.79 Å². The molecule has 0 heterocycles. The first-order valence-corrected chi connectivity index (χ1v) is 7.43. The Balaban J connectivity index is 2.04. The molecule has 2 rings (SSSR count). The predicted octanol–water partition coefficient (Wildman–Crippen LogP) is 3.14. The fourth-order valence-electron chi connectivity index (χ4n) is 2.59. The van der Waals surface area contributed by atoms with Crippen LogP contribution in [0.2, 0.25) is 0 Å². The van der Waals surface area contributed by atoms with E-state index in [9.17, 15) is 4.79 Å². The van der Waals surface area contributed by atoms with Crippen LogP contribution in [0.5, 0.6) is 0 Å². The largest absolute Gasteiger partial charge is 0.324 e. The number of hydrogen-bond acceptors (Lipinski definition) is 2. The molecule has 18 heavy (non-hydrogen) atoms. The van der Waals surface area contributed by atoms with Crippen LogP contribution in [0.1, 0.15) is 32.6 Å². The average Bonchev–Trinajstić information content (AvgIpc) is 2.32. The Kier molecular flexibility index (Phi) is 4.27. The molecule has 1 aromatic carbocycles. The normalized spacial score (nSPS) is 27.8. The smallest absolute Gasteiger partial charge is 0.244 e. The summed E-state index contributed by atoms with van der Waals surface area (Å²) >= 11 is 2.24. The molecule has 0 spiro atoms. The van der Waals surface area contributed by atoms with Gasteiger partial charge in [0.15, 0.2) is 0 Å². The van der Waals surface area contributed by atoms with Gasteiger partial charge < -0.3 is 11.1 Å². The zero-order valence-electron chi connectivity index (χ0n) is 10.6. The molecular formula is C14H19IN2O. The van der Waals surface area contributed by atoms with Crippen molar-refractivity contribution >= 4 is 34.2 Å².